The number of aromatic nitrogens is 2. The highest BCUT2D eigenvalue weighted by Gasteiger charge is 2.08. The van der Waals surface area contributed by atoms with Gasteiger partial charge in [-0.25, -0.2) is 0 Å². The van der Waals surface area contributed by atoms with Crippen LogP contribution in [0.15, 0.2) is 6.20 Å². The van der Waals surface area contributed by atoms with Crippen LogP contribution in [-0.2, 0) is 11.8 Å². The summed E-state index contributed by atoms with van der Waals surface area (Å²) in [7, 11) is 1.74. The van der Waals surface area contributed by atoms with Crippen molar-refractivity contribution in [1.29, 1.82) is 0 Å². The zero-order valence-corrected chi connectivity index (χ0v) is 9.10. The van der Waals surface area contributed by atoms with Gasteiger partial charge in [0.25, 0.3) is 0 Å². The van der Waals surface area contributed by atoms with Crippen molar-refractivity contribution in [3.05, 3.63) is 6.20 Å². The Labute approximate surface area is 87.0 Å². The molecule has 1 amide bonds. The Hall–Kier alpha value is -1.17. The lowest BCUT2D eigenvalue weighted by atomic mass is 10.4. The maximum atomic E-state index is 11.4. The molecule has 1 aromatic rings. The summed E-state index contributed by atoms with van der Waals surface area (Å²) in [5, 5.41) is 6.64. The van der Waals surface area contributed by atoms with E-state index < -0.39 is 0 Å². The lowest BCUT2D eigenvalue weighted by molar-refractivity contribution is -0.115. The fourth-order valence-corrected chi connectivity index (χ4v) is 1.39. The Kier molecular flexibility index (Phi) is 3.82. The van der Waals surface area contributed by atoms with Crippen molar-refractivity contribution in [2.24, 2.45) is 7.05 Å². The first-order chi connectivity index (χ1) is 6.65. The van der Waals surface area contributed by atoms with Gasteiger partial charge in [-0.1, -0.05) is 0 Å². The van der Waals surface area contributed by atoms with Gasteiger partial charge in [0.2, 0.25) is 5.91 Å². The van der Waals surface area contributed by atoms with Crippen molar-refractivity contribution in [1.82, 2.24) is 9.78 Å². The minimum atomic E-state index is -0.0327. The first-order valence-corrected chi connectivity index (χ1v) is 5.60. The summed E-state index contributed by atoms with van der Waals surface area (Å²) in [4.78, 5) is 11.4. The summed E-state index contributed by atoms with van der Waals surface area (Å²) >= 11 is 1.64. The van der Waals surface area contributed by atoms with Crippen LogP contribution in [0.4, 0.5) is 11.5 Å². The topological polar surface area (TPSA) is 72.9 Å². The van der Waals surface area contributed by atoms with Crippen LogP contribution in [0.5, 0.6) is 0 Å². The number of nitrogens with two attached hydrogens (primary N) is 1. The van der Waals surface area contributed by atoms with Crippen molar-refractivity contribution in [2.75, 3.05) is 23.1 Å². The molecule has 0 aromatic carbocycles. The molecule has 0 aliphatic heterocycles. The van der Waals surface area contributed by atoms with Crippen LogP contribution >= 0.6 is 11.8 Å². The normalized spacial score (nSPS) is 10.1. The molecule has 0 bridgehead atoms. The quantitative estimate of drug-likeness (QED) is 0.773. The van der Waals surface area contributed by atoms with E-state index in [1.807, 2.05) is 6.26 Å². The number of nitrogen functional groups attached to an aromatic ring is 1. The number of nitrogens with zero attached hydrogens (tertiary/aromatic N) is 2. The molecular weight excluding hydrogens is 200 g/mol. The molecule has 1 heterocycles. The first kappa shape index (κ1) is 10.9. The molecule has 14 heavy (non-hydrogen) atoms. The zero-order chi connectivity index (χ0) is 10.6. The molecule has 0 aliphatic carbocycles. The third-order valence-electron chi connectivity index (χ3n) is 1.76. The smallest absolute Gasteiger partial charge is 0.226 e. The molecule has 0 spiro atoms. The summed E-state index contributed by atoms with van der Waals surface area (Å²) in [5.41, 5.74) is 6.11. The molecule has 0 saturated heterocycles. The molecule has 0 saturated carbocycles. The number of amides is 1. The highest BCUT2D eigenvalue weighted by molar-refractivity contribution is 7.98. The van der Waals surface area contributed by atoms with E-state index in [1.54, 1.807) is 23.5 Å². The van der Waals surface area contributed by atoms with Crippen molar-refractivity contribution < 1.29 is 4.79 Å². The number of rotatable bonds is 4. The number of hydrogen-bond acceptors (Lipinski definition) is 4. The van der Waals surface area contributed by atoms with E-state index in [1.165, 1.54) is 6.20 Å². The minimum Gasteiger partial charge on any atom is -0.394 e. The second-order valence-electron chi connectivity index (χ2n) is 2.86. The van der Waals surface area contributed by atoms with Gasteiger partial charge in [-0.05, 0) is 6.26 Å². The number of nitrogens with one attached hydrogen (secondary N) is 1. The van der Waals surface area contributed by atoms with Crippen LogP contribution in [0.3, 0.4) is 0 Å². The Balaban J connectivity index is 2.55. The SMILES string of the molecule is CSCCC(=O)Nc1c(N)cnn1C. The maximum Gasteiger partial charge on any atom is 0.226 e. The molecule has 0 aliphatic rings. The summed E-state index contributed by atoms with van der Waals surface area (Å²) in [5.74, 6) is 1.34. The van der Waals surface area contributed by atoms with Gasteiger partial charge in [0, 0.05) is 19.2 Å². The van der Waals surface area contributed by atoms with Gasteiger partial charge in [0.15, 0.2) is 5.82 Å². The van der Waals surface area contributed by atoms with Crippen molar-refractivity contribution >= 4 is 29.2 Å². The van der Waals surface area contributed by atoms with Crippen molar-refractivity contribution in [3.8, 4) is 0 Å². The van der Waals surface area contributed by atoms with Crippen LogP contribution in [0, 0.1) is 0 Å². The third-order valence-corrected chi connectivity index (χ3v) is 2.37. The molecule has 6 heteroatoms. The fraction of sp³-hybridized carbons (Fsp3) is 0.500. The molecule has 1 aromatic heterocycles. The van der Waals surface area contributed by atoms with Gasteiger partial charge >= 0.3 is 0 Å². The van der Waals surface area contributed by atoms with Crippen molar-refractivity contribution in [2.45, 2.75) is 6.42 Å². The Morgan fingerprint density at radius 3 is 3.00 bits per heavy atom. The number of hydrogen-bond donors (Lipinski definition) is 2. The summed E-state index contributed by atoms with van der Waals surface area (Å²) in [6.45, 7) is 0. The van der Waals surface area contributed by atoms with E-state index in [0.717, 1.165) is 5.75 Å². The fourth-order valence-electron chi connectivity index (χ4n) is 0.997. The Bertz CT molecular complexity index is 304. The molecule has 0 unspecified atom stereocenters. The molecule has 0 fully saturated rings. The summed E-state index contributed by atoms with van der Waals surface area (Å²) in [6, 6.07) is 0. The minimum absolute atomic E-state index is 0.0327. The molecule has 5 nitrogen and oxygen atoms in total. The molecular formula is C8H14N4OS. The van der Waals surface area contributed by atoms with Gasteiger partial charge in [-0.15, -0.1) is 0 Å². The van der Waals surface area contributed by atoms with E-state index in [9.17, 15) is 4.79 Å². The first-order valence-electron chi connectivity index (χ1n) is 4.21. The lowest BCUT2D eigenvalue weighted by Crippen LogP contribution is -2.15. The standard InChI is InChI=1S/C8H14N4OS/c1-12-8(6(9)5-10-12)11-7(13)3-4-14-2/h5H,3-4,9H2,1-2H3,(H,11,13). The van der Waals surface area contributed by atoms with Gasteiger partial charge in [0.1, 0.15) is 0 Å². The summed E-state index contributed by atoms with van der Waals surface area (Å²) in [6.07, 6.45) is 3.97. The number of anilines is 2. The predicted molar refractivity (Wildman–Crippen MR) is 59.2 cm³/mol. The van der Waals surface area contributed by atoms with Gasteiger partial charge in [-0.3, -0.25) is 9.48 Å². The van der Waals surface area contributed by atoms with Crippen molar-refractivity contribution in [3.63, 3.8) is 0 Å². The van der Waals surface area contributed by atoms with E-state index in [-0.39, 0.29) is 5.91 Å². The van der Waals surface area contributed by atoms with Crippen LogP contribution in [0.1, 0.15) is 6.42 Å². The van der Waals surface area contributed by atoms with Crippen LogP contribution in [-0.4, -0.2) is 27.7 Å². The van der Waals surface area contributed by atoms with Gasteiger partial charge in [-0.2, -0.15) is 16.9 Å². The van der Waals surface area contributed by atoms with Crippen LogP contribution in [0.2, 0.25) is 0 Å². The van der Waals surface area contributed by atoms with E-state index in [0.29, 0.717) is 17.9 Å². The second-order valence-corrected chi connectivity index (χ2v) is 3.85. The van der Waals surface area contributed by atoms with Gasteiger partial charge < -0.3 is 11.1 Å². The molecule has 3 N–H and O–H groups in total. The maximum absolute atomic E-state index is 11.4. The van der Waals surface area contributed by atoms with Crippen LogP contribution < -0.4 is 11.1 Å². The number of carbonyl (C=O) groups excluding carboxylic acids is 1. The average Bonchev–Trinajstić information content (AvgIpc) is 2.46. The van der Waals surface area contributed by atoms with E-state index >= 15 is 0 Å². The average molecular weight is 214 g/mol. The predicted octanol–water partition coefficient (Wildman–Crippen LogP) is 0.694. The monoisotopic (exact) mass is 214 g/mol. The number of thioether (sulfide) groups is 1. The molecule has 78 valence electrons. The number of aryl methyl sites for hydroxylation is 1. The molecule has 0 radical (unpaired) electrons. The largest absolute Gasteiger partial charge is 0.394 e. The Morgan fingerprint density at radius 1 is 1.79 bits per heavy atom. The molecule has 1 rings (SSSR count). The van der Waals surface area contributed by atoms with Gasteiger partial charge in [0.05, 0.1) is 11.9 Å². The van der Waals surface area contributed by atoms with E-state index in [4.69, 9.17) is 5.73 Å². The molecule has 0 atom stereocenters. The highest BCUT2D eigenvalue weighted by Crippen LogP contribution is 2.15. The second kappa shape index (κ2) is 4.90. The van der Waals surface area contributed by atoms with E-state index in [2.05, 4.69) is 10.4 Å². The summed E-state index contributed by atoms with van der Waals surface area (Å²) < 4.78 is 1.55. The third kappa shape index (κ3) is 2.66. The highest BCUT2D eigenvalue weighted by atomic mass is 32.2. The zero-order valence-electron chi connectivity index (χ0n) is 8.28. The lowest BCUT2D eigenvalue weighted by Gasteiger charge is -2.05. The number of carbonyl (C=O) groups is 1. The van der Waals surface area contributed by atoms with Crippen LogP contribution in [0.25, 0.3) is 0 Å². The Morgan fingerprint density at radius 2 is 2.50 bits per heavy atom.